The molecule has 3 N–H and O–H groups in total. The molecule has 0 spiro atoms. The van der Waals surface area contributed by atoms with Crippen molar-refractivity contribution in [2.45, 2.75) is 6.92 Å². The fourth-order valence-electron chi connectivity index (χ4n) is 1.97. The maximum absolute atomic E-state index is 11.6. The molecule has 118 valence electrons. The number of nitro groups is 2. The molecule has 9 nitrogen and oxygen atoms in total. The molecule has 0 fully saturated rings. The number of benzene rings is 2. The third-order valence-electron chi connectivity index (χ3n) is 3.10. The molecular weight excluding hydrogens is 304 g/mol. The Bertz CT molecular complexity index is 766. The highest BCUT2D eigenvalue weighted by Crippen LogP contribution is 2.35. The summed E-state index contributed by atoms with van der Waals surface area (Å²) in [6.07, 6.45) is 0. The van der Waals surface area contributed by atoms with Crippen molar-refractivity contribution in [1.82, 2.24) is 0 Å². The summed E-state index contributed by atoms with van der Waals surface area (Å²) in [5.74, 6) is -1.01. The molecule has 0 unspecified atom stereocenters. The van der Waals surface area contributed by atoms with Crippen LogP contribution in [0.2, 0.25) is 0 Å². The number of amides is 1. The van der Waals surface area contributed by atoms with Crippen molar-refractivity contribution >= 4 is 28.7 Å². The molecule has 0 aliphatic heterocycles. The highest BCUT2D eigenvalue weighted by molar-refractivity contribution is 6.02. The van der Waals surface area contributed by atoms with Gasteiger partial charge in [-0.2, -0.15) is 0 Å². The van der Waals surface area contributed by atoms with Gasteiger partial charge >= 0.3 is 0 Å². The number of aryl methyl sites for hydroxylation is 1. The van der Waals surface area contributed by atoms with Gasteiger partial charge in [0.05, 0.1) is 21.5 Å². The van der Waals surface area contributed by atoms with E-state index in [1.807, 2.05) is 6.92 Å². The molecule has 2 rings (SSSR count). The number of hydrogen-bond acceptors (Lipinski definition) is 6. The van der Waals surface area contributed by atoms with Crippen LogP contribution in [0.25, 0.3) is 0 Å². The maximum Gasteiger partial charge on any atom is 0.300 e. The van der Waals surface area contributed by atoms with Gasteiger partial charge in [0, 0.05) is 11.8 Å². The second-order valence-corrected chi connectivity index (χ2v) is 4.76. The number of primary amides is 1. The minimum absolute atomic E-state index is 0.183. The van der Waals surface area contributed by atoms with E-state index in [-0.39, 0.29) is 11.3 Å². The molecule has 0 bridgehead atoms. The van der Waals surface area contributed by atoms with Crippen LogP contribution in [-0.4, -0.2) is 15.8 Å². The molecule has 0 aliphatic rings. The first-order valence-corrected chi connectivity index (χ1v) is 6.40. The van der Waals surface area contributed by atoms with E-state index in [0.717, 1.165) is 17.7 Å². The van der Waals surface area contributed by atoms with Crippen molar-refractivity contribution in [3.63, 3.8) is 0 Å². The van der Waals surface area contributed by atoms with E-state index in [0.29, 0.717) is 5.69 Å². The smallest absolute Gasteiger partial charge is 0.300 e. The average Bonchev–Trinajstić information content (AvgIpc) is 2.48. The van der Waals surface area contributed by atoms with E-state index in [4.69, 9.17) is 5.73 Å². The zero-order valence-electron chi connectivity index (χ0n) is 12.0. The van der Waals surface area contributed by atoms with E-state index >= 15 is 0 Å². The summed E-state index contributed by atoms with van der Waals surface area (Å²) in [5.41, 5.74) is 4.97. The number of hydrogen-bond donors (Lipinski definition) is 2. The minimum atomic E-state index is -1.01. The summed E-state index contributed by atoms with van der Waals surface area (Å²) in [7, 11) is 0. The lowest BCUT2D eigenvalue weighted by atomic mass is 10.1. The highest BCUT2D eigenvalue weighted by Gasteiger charge is 2.26. The molecule has 0 saturated heterocycles. The fraction of sp³-hybridized carbons (Fsp3) is 0.0714. The van der Waals surface area contributed by atoms with Crippen LogP contribution in [0.1, 0.15) is 15.9 Å². The Morgan fingerprint density at radius 3 is 2.17 bits per heavy atom. The van der Waals surface area contributed by atoms with Gasteiger partial charge in [-0.3, -0.25) is 25.0 Å². The highest BCUT2D eigenvalue weighted by atomic mass is 16.6. The topological polar surface area (TPSA) is 141 Å². The van der Waals surface area contributed by atoms with Crippen LogP contribution < -0.4 is 11.1 Å². The van der Waals surface area contributed by atoms with Gasteiger partial charge in [0.15, 0.2) is 0 Å². The van der Waals surface area contributed by atoms with E-state index in [9.17, 15) is 25.0 Å². The monoisotopic (exact) mass is 316 g/mol. The van der Waals surface area contributed by atoms with Crippen molar-refractivity contribution in [1.29, 1.82) is 0 Å². The second kappa shape index (κ2) is 6.10. The van der Waals surface area contributed by atoms with Crippen molar-refractivity contribution < 1.29 is 14.6 Å². The molecule has 0 heterocycles. The second-order valence-electron chi connectivity index (χ2n) is 4.76. The minimum Gasteiger partial charge on any atom is -0.366 e. The van der Waals surface area contributed by atoms with Crippen molar-refractivity contribution in [2.24, 2.45) is 5.73 Å². The predicted molar refractivity (Wildman–Crippen MR) is 82.7 cm³/mol. The van der Waals surface area contributed by atoms with Crippen LogP contribution in [0.3, 0.4) is 0 Å². The Hall–Kier alpha value is -3.49. The number of nitrogens with two attached hydrogens (primary N) is 1. The van der Waals surface area contributed by atoms with Crippen molar-refractivity contribution in [3.05, 3.63) is 67.8 Å². The average molecular weight is 316 g/mol. The molecule has 9 heteroatoms. The van der Waals surface area contributed by atoms with Crippen LogP contribution >= 0.6 is 0 Å². The van der Waals surface area contributed by atoms with Gasteiger partial charge in [-0.1, -0.05) is 17.7 Å². The molecule has 2 aromatic carbocycles. The summed E-state index contributed by atoms with van der Waals surface area (Å²) in [5, 5.41) is 24.8. The Labute approximate surface area is 130 Å². The van der Waals surface area contributed by atoms with Gasteiger partial charge in [0.2, 0.25) is 0 Å². The first-order chi connectivity index (χ1) is 10.8. The zero-order chi connectivity index (χ0) is 17.1. The number of carbonyl (C=O) groups excluding carboxylic acids is 1. The van der Waals surface area contributed by atoms with Crippen LogP contribution in [0, 0.1) is 27.2 Å². The fourth-order valence-corrected chi connectivity index (χ4v) is 1.97. The molecule has 0 saturated carbocycles. The first kappa shape index (κ1) is 15.9. The number of nitro benzene ring substituents is 2. The number of nitrogens with zero attached hydrogens (tertiary/aromatic N) is 2. The van der Waals surface area contributed by atoms with Crippen LogP contribution in [0.15, 0.2) is 36.4 Å². The number of carbonyl (C=O) groups is 1. The molecule has 0 aromatic heterocycles. The van der Waals surface area contributed by atoms with Crippen LogP contribution in [0.4, 0.5) is 22.7 Å². The Morgan fingerprint density at radius 1 is 1.09 bits per heavy atom. The van der Waals surface area contributed by atoms with Crippen LogP contribution in [-0.2, 0) is 0 Å². The molecule has 1 amide bonds. The number of nitrogens with one attached hydrogen (secondary N) is 1. The Balaban J connectivity index is 2.63. The SMILES string of the molecule is Cc1ccc(Nc2c(C(N)=O)cc([N+](=O)[O-])cc2[N+](=O)[O-])cc1. The molecule has 23 heavy (non-hydrogen) atoms. The number of anilines is 2. The van der Waals surface area contributed by atoms with Gasteiger partial charge in [-0.15, -0.1) is 0 Å². The summed E-state index contributed by atoms with van der Waals surface area (Å²) in [6.45, 7) is 1.87. The molecule has 2 aromatic rings. The van der Waals surface area contributed by atoms with Gasteiger partial charge in [0.1, 0.15) is 5.69 Å². The normalized spacial score (nSPS) is 10.1. The third-order valence-corrected chi connectivity index (χ3v) is 3.10. The molecule has 0 aliphatic carbocycles. The first-order valence-electron chi connectivity index (χ1n) is 6.40. The van der Waals surface area contributed by atoms with Crippen molar-refractivity contribution in [3.8, 4) is 0 Å². The lowest BCUT2D eigenvalue weighted by Crippen LogP contribution is -2.15. The predicted octanol–water partition coefficient (Wildman–Crippen LogP) is 2.65. The van der Waals surface area contributed by atoms with Gasteiger partial charge in [0.25, 0.3) is 17.3 Å². The van der Waals surface area contributed by atoms with Gasteiger partial charge < -0.3 is 11.1 Å². The Morgan fingerprint density at radius 2 is 1.70 bits per heavy atom. The largest absolute Gasteiger partial charge is 0.366 e. The van der Waals surface area contributed by atoms with E-state index < -0.39 is 27.1 Å². The van der Waals surface area contributed by atoms with E-state index in [1.54, 1.807) is 24.3 Å². The van der Waals surface area contributed by atoms with E-state index in [2.05, 4.69) is 5.32 Å². The quantitative estimate of drug-likeness (QED) is 0.641. The van der Waals surface area contributed by atoms with E-state index in [1.165, 1.54) is 0 Å². The number of non-ortho nitro benzene ring substituents is 1. The maximum atomic E-state index is 11.6. The summed E-state index contributed by atoms with van der Waals surface area (Å²) in [6, 6.07) is 8.54. The molecule has 0 atom stereocenters. The van der Waals surface area contributed by atoms with Crippen molar-refractivity contribution in [2.75, 3.05) is 5.32 Å². The Kier molecular flexibility index (Phi) is 4.21. The van der Waals surface area contributed by atoms with Gasteiger partial charge in [-0.25, -0.2) is 0 Å². The lowest BCUT2D eigenvalue weighted by Gasteiger charge is -2.11. The molecular formula is C14H12N4O5. The standard InChI is InChI=1S/C14H12N4O5/c1-8-2-4-9(5-3-8)16-13-11(14(15)19)6-10(17(20)21)7-12(13)18(22)23/h2-7,16H,1H3,(H2,15,19). The zero-order valence-corrected chi connectivity index (χ0v) is 12.0. The summed E-state index contributed by atoms with van der Waals surface area (Å²) < 4.78 is 0. The summed E-state index contributed by atoms with van der Waals surface area (Å²) in [4.78, 5) is 32.0. The summed E-state index contributed by atoms with van der Waals surface area (Å²) >= 11 is 0. The lowest BCUT2D eigenvalue weighted by molar-refractivity contribution is -0.393. The third kappa shape index (κ3) is 3.40. The molecule has 0 radical (unpaired) electrons. The van der Waals surface area contributed by atoms with Crippen LogP contribution in [0.5, 0.6) is 0 Å². The number of rotatable bonds is 5. The van der Waals surface area contributed by atoms with Gasteiger partial charge in [-0.05, 0) is 19.1 Å².